The van der Waals surface area contributed by atoms with Crippen LogP contribution in [-0.2, 0) is 0 Å². The van der Waals surface area contributed by atoms with E-state index in [0.717, 1.165) is 11.1 Å². The summed E-state index contributed by atoms with van der Waals surface area (Å²) in [5.74, 6) is -0.963. The van der Waals surface area contributed by atoms with Gasteiger partial charge in [-0.05, 0) is 43.5 Å². The minimum Gasteiger partial charge on any atom is -0.478 e. The Morgan fingerprint density at radius 1 is 1.29 bits per heavy atom. The largest absolute Gasteiger partial charge is 0.478 e. The number of nitrogens with zero attached hydrogens (tertiary/aromatic N) is 1. The fraction of sp³-hybridized carbons (Fsp3) is 0.176. The topological polar surface area (TPSA) is 76.9 Å². The number of aromatic carboxylic acids is 1. The minimum atomic E-state index is -0.963. The summed E-state index contributed by atoms with van der Waals surface area (Å²) < 4.78 is 0. The first kappa shape index (κ1) is 14.6. The van der Waals surface area contributed by atoms with E-state index in [-0.39, 0.29) is 5.56 Å². The molecule has 0 unspecified atom stereocenters. The number of hydrogen-bond acceptors (Lipinski definition) is 2. The molecule has 0 aliphatic rings. The van der Waals surface area contributed by atoms with Crippen LogP contribution in [0.1, 0.15) is 38.4 Å². The zero-order chi connectivity index (χ0) is 15.6. The lowest BCUT2D eigenvalue weighted by Gasteiger charge is -2.03. The van der Waals surface area contributed by atoms with Crippen molar-refractivity contribution in [3.05, 3.63) is 57.9 Å². The Morgan fingerprint density at radius 3 is 2.48 bits per heavy atom. The first-order valence-corrected chi connectivity index (χ1v) is 6.56. The SMILES string of the molecule is Cc1ccccc1/C(C#N)=C/c1[nH]c(C)c(C(=O)O)c1C. The van der Waals surface area contributed by atoms with Gasteiger partial charge in [-0.25, -0.2) is 4.79 Å². The molecule has 2 rings (SSSR count). The molecule has 0 aliphatic carbocycles. The number of aryl methyl sites for hydroxylation is 2. The number of carboxylic acid groups (broad SMARTS) is 1. The van der Waals surface area contributed by atoms with Crippen molar-refractivity contribution in [1.29, 1.82) is 5.26 Å². The van der Waals surface area contributed by atoms with Crippen LogP contribution in [0.3, 0.4) is 0 Å². The van der Waals surface area contributed by atoms with Gasteiger partial charge in [0.2, 0.25) is 0 Å². The molecule has 0 fully saturated rings. The lowest BCUT2D eigenvalue weighted by Crippen LogP contribution is -1.98. The molecule has 0 saturated heterocycles. The van der Waals surface area contributed by atoms with Crippen molar-refractivity contribution in [3.8, 4) is 6.07 Å². The number of aromatic amines is 1. The van der Waals surface area contributed by atoms with Crippen LogP contribution in [-0.4, -0.2) is 16.1 Å². The van der Waals surface area contributed by atoms with Crippen molar-refractivity contribution in [2.45, 2.75) is 20.8 Å². The summed E-state index contributed by atoms with van der Waals surface area (Å²) in [6.07, 6.45) is 1.71. The van der Waals surface area contributed by atoms with Gasteiger partial charge < -0.3 is 10.1 Å². The van der Waals surface area contributed by atoms with Crippen molar-refractivity contribution < 1.29 is 9.90 Å². The number of allylic oxidation sites excluding steroid dienone is 1. The van der Waals surface area contributed by atoms with Gasteiger partial charge in [0.25, 0.3) is 0 Å². The molecule has 1 aromatic carbocycles. The number of hydrogen-bond donors (Lipinski definition) is 2. The van der Waals surface area contributed by atoms with E-state index < -0.39 is 5.97 Å². The number of carbonyl (C=O) groups is 1. The maximum Gasteiger partial charge on any atom is 0.337 e. The molecule has 4 heteroatoms. The molecule has 0 atom stereocenters. The Bertz CT molecular complexity index is 777. The highest BCUT2D eigenvalue weighted by Gasteiger charge is 2.16. The smallest absolute Gasteiger partial charge is 0.337 e. The lowest BCUT2D eigenvalue weighted by atomic mass is 10.00. The Hall–Kier alpha value is -2.80. The summed E-state index contributed by atoms with van der Waals surface area (Å²) in [7, 11) is 0. The van der Waals surface area contributed by atoms with Crippen LogP contribution in [0.2, 0.25) is 0 Å². The number of nitrogens with one attached hydrogen (secondary N) is 1. The van der Waals surface area contributed by atoms with E-state index in [0.29, 0.717) is 22.5 Å². The predicted molar refractivity (Wildman–Crippen MR) is 81.9 cm³/mol. The Kier molecular flexibility index (Phi) is 3.95. The maximum absolute atomic E-state index is 11.2. The van der Waals surface area contributed by atoms with Crippen LogP contribution < -0.4 is 0 Å². The van der Waals surface area contributed by atoms with Gasteiger partial charge in [0.15, 0.2) is 0 Å². The highest BCUT2D eigenvalue weighted by Crippen LogP contribution is 2.24. The molecule has 0 bridgehead atoms. The Labute approximate surface area is 123 Å². The molecule has 0 spiro atoms. The van der Waals surface area contributed by atoms with Gasteiger partial charge in [0.1, 0.15) is 0 Å². The molecule has 0 aliphatic heterocycles. The van der Waals surface area contributed by atoms with Gasteiger partial charge >= 0.3 is 5.97 Å². The molecule has 4 nitrogen and oxygen atoms in total. The predicted octanol–water partition coefficient (Wildman–Crippen LogP) is 3.70. The van der Waals surface area contributed by atoms with Crippen LogP contribution in [0.4, 0.5) is 0 Å². The molecule has 1 aromatic heterocycles. The van der Waals surface area contributed by atoms with E-state index in [1.54, 1.807) is 19.9 Å². The quantitative estimate of drug-likeness (QED) is 0.841. The third-order valence-corrected chi connectivity index (χ3v) is 3.53. The van der Waals surface area contributed by atoms with E-state index in [1.165, 1.54) is 0 Å². The van der Waals surface area contributed by atoms with Crippen molar-refractivity contribution >= 4 is 17.6 Å². The van der Waals surface area contributed by atoms with Crippen LogP contribution in [0, 0.1) is 32.1 Å². The third-order valence-electron chi connectivity index (χ3n) is 3.53. The zero-order valence-corrected chi connectivity index (χ0v) is 12.2. The van der Waals surface area contributed by atoms with Gasteiger partial charge in [-0.1, -0.05) is 24.3 Å². The summed E-state index contributed by atoms with van der Waals surface area (Å²) >= 11 is 0. The highest BCUT2D eigenvalue weighted by molar-refractivity contribution is 5.95. The van der Waals surface area contributed by atoms with E-state index >= 15 is 0 Å². The highest BCUT2D eigenvalue weighted by atomic mass is 16.4. The monoisotopic (exact) mass is 280 g/mol. The van der Waals surface area contributed by atoms with E-state index in [1.807, 2.05) is 31.2 Å². The number of carboxylic acids is 1. The fourth-order valence-corrected chi connectivity index (χ4v) is 2.43. The van der Waals surface area contributed by atoms with Crippen LogP contribution >= 0.6 is 0 Å². The second-order valence-corrected chi connectivity index (χ2v) is 4.95. The summed E-state index contributed by atoms with van der Waals surface area (Å²) in [6, 6.07) is 9.80. The lowest BCUT2D eigenvalue weighted by molar-refractivity contribution is 0.0695. The molecule has 1 heterocycles. The van der Waals surface area contributed by atoms with Gasteiger partial charge in [-0.15, -0.1) is 0 Å². The first-order valence-electron chi connectivity index (χ1n) is 6.56. The molecule has 0 amide bonds. The van der Waals surface area contributed by atoms with Crippen molar-refractivity contribution in [2.75, 3.05) is 0 Å². The minimum absolute atomic E-state index is 0.267. The average molecular weight is 280 g/mol. The second kappa shape index (κ2) is 5.68. The summed E-state index contributed by atoms with van der Waals surface area (Å²) in [5.41, 5.74) is 4.52. The molecule has 106 valence electrons. The molecular formula is C17H16N2O2. The summed E-state index contributed by atoms with van der Waals surface area (Å²) in [5, 5.41) is 18.6. The van der Waals surface area contributed by atoms with Gasteiger partial charge in [0, 0.05) is 11.4 Å². The van der Waals surface area contributed by atoms with Crippen molar-refractivity contribution in [2.24, 2.45) is 0 Å². The van der Waals surface area contributed by atoms with Crippen molar-refractivity contribution in [3.63, 3.8) is 0 Å². The van der Waals surface area contributed by atoms with Gasteiger partial charge in [-0.3, -0.25) is 0 Å². The second-order valence-electron chi connectivity index (χ2n) is 4.95. The van der Waals surface area contributed by atoms with Gasteiger partial charge in [0.05, 0.1) is 17.2 Å². The molecule has 2 N–H and O–H groups in total. The average Bonchev–Trinajstić information content (AvgIpc) is 2.71. The number of nitriles is 1. The number of aromatic nitrogens is 1. The Morgan fingerprint density at radius 2 is 1.95 bits per heavy atom. The first-order chi connectivity index (χ1) is 9.95. The standard InChI is InChI=1S/C17H16N2O2/c1-10-6-4-5-7-14(10)13(9-18)8-15-11(2)16(17(20)21)12(3)19-15/h4-8,19H,1-3H3,(H,20,21)/b13-8+. The fourth-order valence-electron chi connectivity index (χ4n) is 2.43. The number of benzene rings is 1. The summed E-state index contributed by atoms with van der Waals surface area (Å²) in [6.45, 7) is 5.40. The number of H-pyrrole nitrogens is 1. The number of rotatable bonds is 3. The van der Waals surface area contributed by atoms with Gasteiger partial charge in [-0.2, -0.15) is 5.26 Å². The molecule has 21 heavy (non-hydrogen) atoms. The summed E-state index contributed by atoms with van der Waals surface area (Å²) in [4.78, 5) is 14.3. The molecule has 0 saturated carbocycles. The molecular weight excluding hydrogens is 264 g/mol. The van der Waals surface area contributed by atoms with E-state index in [9.17, 15) is 15.2 Å². The zero-order valence-electron chi connectivity index (χ0n) is 12.2. The van der Waals surface area contributed by atoms with Crippen LogP contribution in [0.15, 0.2) is 24.3 Å². The maximum atomic E-state index is 11.2. The molecule has 2 aromatic rings. The third kappa shape index (κ3) is 2.72. The molecule has 0 radical (unpaired) electrons. The van der Waals surface area contributed by atoms with E-state index in [2.05, 4.69) is 11.1 Å². The van der Waals surface area contributed by atoms with E-state index in [4.69, 9.17) is 0 Å². The normalized spacial score (nSPS) is 11.2. The Balaban J connectivity index is 2.58. The van der Waals surface area contributed by atoms with Crippen molar-refractivity contribution in [1.82, 2.24) is 4.98 Å². The van der Waals surface area contributed by atoms with Crippen LogP contribution in [0.5, 0.6) is 0 Å². The van der Waals surface area contributed by atoms with Crippen LogP contribution in [0.25, 0.3) is 11.6 Å².